The van der Waals surface area contributed by atoms with Crippen molar-refractivity contribution in [1.29, 1.82) is 0 Å². The fourth-order valence-electron chi connectivity index (χ4n) is 2.21. The maximum Gasteiger partial charge on any atom is 0.194 e. The summed E-state index contributed by atoms with van der Waals surface area (Å²) in [6, 6.07) is 2.02. The van der Waals surface area contributed by atoms with E-state index >= 15 is 0 Å². The van der Waals surface area contributed by atoms with Crippen molar-refractivity contribution in [3.63, 3.8) is 0 Å². The van der Waals surface area contributed by atoms with Crippen molar-refractivity contribution in [3.05, 3.63) is 35.1 Å². The molecule has 1 N–H and O–H groups in total. The van der Waals surface area contributed by atoms with E-state index in [0.717, 1.165) is 18.6 Å². The molecule has 1 saturated heterocycles. The molecule has 17 heavy (non-hydrogen) atoms. The first kappa shape index (κ1) is 12.4. The van der Waals surface area contributed by atoms with Crippen LogP contribution in [0.25, 0.3) is 0 Å². The highest BCUT2D eigenvalue weighted by molar-refractivity contribution is 5.23. The zero-order valence-electron chi connectivity index (χ0n) is 9.47. The lowest BCUT2D eigenvalue weighted by atomic mass is 9.95. The van der Waals surface area contributed by atoms with Gasteiger partial charge >= 0.3 is 0 Å². The average Bonchev–Trinajstić information content (AvgIpc) is 2.74. The van der Waals surface area contributed by atoms with Crippen molar-refractivity contribution in [2.45, 2.75) is 12.5 Å². The summed E-state index contributed by atoms with van der Waals surface area (Å²) in [6.45, 7) is 1.25. The van der Waals surface area contributed by atoms with Crippen molar-refractivity contribution in [2.24, 2.45) is 5.92 Å². The molecule has 2 rings (SSSR count). The lowest BCUT2D eigenvalue weighted by Gasteiger charge is -2.18. The monoisotopic (exact) mass is 245 g/mol. The summed E-state index contributed by atoms with van der Waals surface area (Å²) in [7, 11) is 1.81. The number of hydrogen-bond donors (Lipinski definition) is 1. The second-order valence-corrected chi connectivity index (χ2v) is 4.20. The van der Waals surface area contributed by atoms with Gasteiger partial charge in [0, 0.05) is 19.1 Å². The molecule has 2 unspecified atom stereocenters. The summed E-state index contributed by atoms with van der Waals surface area (Å²) in [4.78, 5) is 0. The maximum atomic E-state index is 13.1. The topological polar surface area (TPSA) is 21.3 Å². The largest absolute Gasteiger partial charge is 0.373 e. The quantitative estimate of drug-likeness (QED) is 0.826. The molecule has 0 amide bonds. The standard InChI is InChI=1S/C12H14F3NO/c1-16-6-7-2-3-17-12(7)8-4-9(13)11(15)10(14)5-8/h4-5,7,12,16H,2-3,6H2,1H3. The first-order chi connectivity index (χ1) is 8.13. The van der Waals surface area contributed by atoms with Crippen molar-refractivity contribution in [1.82, 2.24) is 5.32 Å². The third-order valence-electron chi connectivity index (χ3n) is 3.02. The van der Waals surface area contributed by atoms with E-state index in [1.54, 1.807) is 7.05 Å². The third-order valence-corrected chi connectivity index (χ3v) is 3.02. The molecule has 94 valence electrons. The van der Waals surface area contributed by atoms with E-state index in [0.29, 0.717) is 18.7 Å². The molecule has 0 bridgehead atoms. The summed E-state index contributed by atoms with van der Waals surface area (Å²) >= 11 is 0. The van der Waals surface area contributed by atoms with Crippen molar-refractivity contribution >= 4 is 0 Å². The first-order valence-electron chi connectivity index (χ1n) is 5.54. The fraction of sp³-hybridized carbons (Fsp3) is 0.500. The third kappa shape index (κ3) is 2.45. The normalized spacial score (nSPS) is 24.2. The molecule has 1 heterocycles. The molecule has 1 aromatic rings. The lowest BCUT2D eigenvalue weighted by molar-refractivity contribution is 0.0902. The Morgan fingerprint density at radius 2 is 1.94 bits per heavy atom. The van der Waals surface area contributed by atoms with E-state index < -0.39 is 17.5 Å². The van der Waals surface area contributed by atoms with Gasteiger partial charge in [-0.3, -0.25) is 0 Å². The van der Waals surface area contributed by atoms with Crippen LogP contribution in [0.3, 0.4) is 0 Å². The van der Waals surface area contributed by atoms with E-state index in [2.05, 4.69) is 5.32 Å². The van der Waals surface area contributed by atoms with Gasteiger partial charge in [-0.05, 0) is 31.2 Å². The minimum atomic E-state index is -1.43. The van der Waals surface area contributed by atoms with Crippen LogP contribution in [0, 0.1) is 23.4 Å². The number of nitrogens with one attached hydrogen (secondary N) is 1. The highest BCUT2D eigenvalue weighted by Crippen LogP contribution is 2.35. The molecule has 5 heteroatoms. The summed E-state index contributed by atoms with van der Waals surface area (Å²) in [5.74, 6) is -3.61. The number of rotatable bonds is 3. The van der Waals surface area contributed by atoms with Gasteiger partial charge in [0.15, 0.2) is 17.5 Å². The van der Waals surface area contributed by atoms with Crippen LogP contribution < -0.4 is 5.32 Å². The van der Waals surface area contributed by atoms with Gasteiger partial charge in [-0.1, -0.05) is 0 Å². The van der Waals surface area contributed by atoms with Gasteiger partial charge in [0.05, 0.1) is 6.10 Å². The molecular weight excluding hydrogens is 231 g/mol. The second kappa shape index (κ2) is 5.06. The highest BCUT2D eigenvalue weighted by atomic mass is 19.2. The van der Waals surface area contributed by atoms with E-state index in [1.165, 1.54) is 0 Å². The van der Waals surface area contributed by atoms with Gasteiger partial charge in [0.25, 0.3) is 0 Å². The molecule has 2 nitrogen and oxygen atoms in total. The van der Waals surface area contributed by atoms with Crippen LogP contribution in [0.2, 0.25) is 0 Å². The predicted molar refractivity (Wildman–Crippen MR) is 57.0 cm³/mol. The number of halogens is 3. The van der Waals surface area contributed by atoms with Crippen LogP contribution in [0.5, 0.6) is 0 Å². The minimum Gasteiger partial charge on any atom is -0.373 e. The number of hydrogen-bond acceptors (Lipinski definition) is 2. The Bertz CT molecular complexity index is 388. The average molecular weight is 245 g/mol. The molecular formula is C12H14F3NO. The molecule has 1 aromatic carbocycles. The van der Waals surface area contributed by atoms with Gasteiger partial charge in [0.2, 0.25) is 0 Å². The summed E-state index contributed by atoms with van der Waals surface area (Å²) in [5.41, 5.74) is 0.360. The van der Waals surface area contributed by atoms with Gasteiger partial charge < -0.3 is 10.1 Å². The zero-order chi connectivity index (χ0) is 12.4. The van der Waals surface area contributed by atoms with Crippen molar-refractivity contribution in [2.75, 3.05) is 20.2 Å². The summed E-state index contributed by atoms with van der Waals surface area (Å²) in [5, 5.41) is 3.01. The summed E-state index contributed by atoms with van der Waals surface area (Å²) < 4.78 is 44.5. The highest BCUT2D eigenvalue weighted by Gasteiger charge is 2.30. The smallest absolute Gasteiger partial charge is 0.194 e. The van der Waals surface area contributed by atoms with Crippen molar-refractivity contribution in [3.8, 4) is 0 Å². The molecule has 1 aliphatic rings. The van der Waals surface area contributed by atoms with Gasteiger partial charge in [-0.2, -0.15) is 0 Å². The van der Waals surface area contributed by atoms with E-state index in [9.17, 15) is 13.2 Å². The molecule has 1 aliphatic heterocycles. The lowest BCUT2D eigenvalue weighted by Crippen LogP contribution is -2.21. The van der Waals surface area contributed by atoms with Crippen LogP contribution in [-0.4, -0.2) is 20.2 Å². The van der Waals surface area contributed by atoms with Crippen LogP contribution in [0.15, 0.2) is 12.1 Å². The van der Waals surface area contributed by atoms with Gasteiger partial charge in [0.1, 0.15) is 0 Å². The molecule has 1 fully saturated rings. The van der Waals surface area contributed by atoms with Crippen LogP contribution in [0.4, 0.5) is 13.2 Å². The number of ether oxygens (including phenoxy) is 1. The minimum absolute atomic E-state index is 0.157. The Hall–Kier alpha value is -1.07. The Kier molecular flexibility index (Phi) is 3.69. The van der Waals surface area contributed by atoms with Crippen LogP contribution in [0.1, 0.15) is 18.1 Å². The molecule has 0 aliphatic carbocycles. The SMILES string of the molecule is CNCC1CCOC1c1cc(F)c(F)c(F)c1. The van der Waals surface area contributed by atoms with Gasteiger partial charge in [-0.15, -0.1) is 0 Å². The van der Waals surface area contributed by atoms with E-state index in [4.69, 9.17) is 4.74 Å². The van der Waals surface area contributed by atoms with Crippen LogP contribution >= 0.6 is 0 Å². The predicted octanol–water partition coefficient (Wildman–Crippen LogP) is 2.40. The molecule has 0 aromatic heterocycles. The Morgan fingerprint density at radius 3 is 2.53 bits per heavy atom. The molecule has 0 saturated carbocycles. The fourth-order valence-corrected chi connectivity index (χ4v) is 2.21. The molecule has 0 radical (unpaired) electrons. The molecule has 2 atom stereocenters. The van der Waals surface area contributed by atoms with Gasteiger partial charge in [-0.25, -0.2) is 13.2 Å². The molecule has 0 spiro atoms. The Morgan fingerprint density at radius 1 is 1.29 bits per heavy atom. The number of benzene rings is 1. The van der Waals surface area contributed by atoms with E-state index in [-0.39, 0.29) is 12.0 Å². The zero-order valence-corrected chi connectivity index (χ0v) is 9.47. The first-order valence-corrected chi connectivity index (χ1v) is 5.54. The van der Waals surface area contributed by atoms with Crippen molar-refractivity contribution < 1.29 is 17.9 Å². The maximum absolute atomic E-state index is 13.1. The second-order valence-electron chi connectivity index (χ2n) is 4.20. The Labute approximate surface area is 97.8 Å². The Balaban J connectivity index is 2.27. The van der Waals surface area contributed by atoms with Crippen LogP contribution in [-0.2, 0) is 4.74 Å². The summed E-state index contributed by atoms with van der Waals surface area (Å²) in [6.07, 6.45) is 0.457. The van der Waals surface area contributed by atoms with E-state index in [1.807, 2.05) is 0 Å².